The summed E-state index contributed by atoms with van der Waals surface area (Å²) >= 11 is 0. The summed E-state index contributed by atoms with van der Waals surface area (Å²) in [6.07, 6.45) is 0. The summed E-state index contributed by atoms with van der Waals surface area (Å²) < 4.78 is 19.3. The Labute approximate surface area is 178 Å². The highest BCUT2D eigenvalue weighted by molar-refractivity contribution is 5.88. The van der Waals surface area contributed by atoms with Crippen LogP contribution in [0.5, 0.6) is 0 Å². The summed E-state index contributed by atoms with van der Waals surface area (Å²) in [4.78, 5) is 2.29. The fraction of sp³-hybridized carbons (Fsp3) is 0.360. The Morgan fingerprint density at radius 2 is 1.53 bits per heavy atom. The average molecular weight is 407 g/mol. The summed E-state index contributed by atoms with van der Waals surface area (Å²) in [5, 5.41) is 6.98. The molecule has 0 bridgehead atoms. The second kappa shape index (κ2) is 8.05. The lowest BCUT2D eigenvalue weighted by Gasteiger charge is -2.39. The quantitative estimate of drug-likeness (QED) is 0.480. The van der Waals surface area contributed by atoms with E-state index in [1.54, 1.807) is 6.07 Å². The van der Waals surface area contributed by atoms with Gasteiger partial charge < -0.3 is 20.0 Å². The molecule has 2 heterocycles. The summed E-state index contributed by atoms with van der Waals surface area (Å²) in [6.45, 7) is 11.4. The molecule has 4 nitrogen and oxygen atoms in total. The molecular formula is C25H30FN3O. The van der Waals surface area contributed by atoms with Crippen LogP contribution in [0.1, 0.15) is 52.0 Å². The van der Waals surface area contributed by atoms with Crippen LogP contribution in [0.15, 0.2) is 52.9 Å². The zero-order chi connectivity index (χ0) is 21.4. The maximum absolute atomic E-state index is 13.8. The number of anilines is 3. The molecule has 5 heteroatoms. The van der Waals surface area contributed by atoms with Crippen LogP contribution in [0.3, 0.4) is 0 Å². The van der Waals surface area contributed by atoms with Crippen LogP contribution in [0.4, 0.5) is 21.5 Å². The van der Waals surface area contributed by atoms with Crippen molar-refractivity contribution in [3.63, 3.8) is 0 Å². The Hall–Kier alpha value is -2.95. The molecule has 0 aliphatic carbocycles. The van der Waals surface area contributed by atoms with Crippen molar-refractivity contribution < 1.29 is 8.81 Å². The van der Waals surface area contributed by atoms with E-state index >= 15 is 0 Å². The summed E-state index contributed by atoms with van der Waals surface area (Å²) in [5.41, 5.74) is 6.71. The molecule has 30 heavy (non-hydrogen) atoms. The van der Waals surface area contributed by atoms with Crippen molar-refractivity contribution >= 4 is 17.1 Å². The first-order valence-electron chi connectivity index (χ1n) is 10.7. The smallest absolute Gasteiger partial charge is 0.278 e. The van der Waals surface area contributed by atoms with Gasteiger partial charge in [-0.15, -0.1) is 0 Å². The molecule has 2 N–H and O–H groups in total. The highest BCUT2D eigenvalue weighted by atomic mass is 18.2. The molecule has 0 saturated heterocycles. The molecule has 1 aromatic heterocycles. The molecule has 0 saturated carbocycles. The van der Waals surface area contributed by atoms with Crippen molar-refractivity contribution in [3.05, 3.63) is 65.9 Å². The molecule has 1 aliphatic rings. The van der Waals surface area contributed by atoms with Gasteiger partial charge in [-0.2, -0.15) is 4.39 Å². The molecule has 1 aliphatic heterocycles. The van der Waals surface area contributed by atoms with Gasteiger partial charge in [0.2, 0.25) is 0 Å². The first-order chi connectivity index (χ1) is 14.4. The van der Waals surface area contributed by atoms with Crippen LogP contribution in [-0.2, 0) is 0 Å². The number of hydrogen-bond acceptors (Lipinski definition) is 4. The molecule has 1 atom stereocenters. The van der Waals surface area contributed by atoms with E-state index < -0.39 is 6.01 Å². The van der Waals surface area contributed by atoms with Gasteiger partial charge in [0.25, 0.3) is 6.01 Å². The van der Waals surface area contributed by atoms with Crippen molar-refractivity contribution in [3.8, 4) is 11.1 Å². The topological polar surface area (TPSA) is 40.4 Å². The molecule has 4 rings (SSSR count). The molecule has 1 unspecified atom stereocenters. The molecule has 158 valence electrons. The lowest BCUT2D eigenvalue weighted by atomic mass is 9.86. The van der Waals surface area contributed by atoms with Gasteiger partial charge in [-0.25, -0.2) is 0 Å². The van der Waals surface area contributed by atoms with Gasteiger partial charge in [-0.05, 0) is 76.1 Å². The number of rotatable bonds is 6. The van der Waals surface area contributed by atoms with Gasteiger partial charge in [-0.3, -0.25) is 0 Å². The number of nitrogens with one attached hydrogen (secondary N) is 2. The first-order valence-corrected chi connectivity index (χ1v) is 10.7. The molecule has 0 amide bonds. The van der Waals surface area contributed by atoms with Crippen molar-refractivity contribution in [1.82, 2.24) is 0 Å². The van der Waals surface area contributed by atoms with E-state index in [0.717, 1.165) is 34.7 Å². The van der Waals surface area contributed by atoms with Crippen LogP contribution in [-0.4, -0.2) is 18.6 Å². The fourth-order valence-corrected chi connectivity index (χ4v) is 4.32. The van der Waals surface area contributed by atoms with Gasteiger partial charge in [0.05, 0.1) is 0 Å². The maximum atomic E-state index is 13.8. The van der Waals surface area contributed by atoms with E-state index in [-0.39, 0.29) is 6.04 Å². The number of furan rings is 1. The predicted molar refractivity (Wildman–Crippen MR) is 123 cm³/mol. The van der Waals surface area contributed by atoms with E-state index in [4.69, 9.17) is 4.42 Å². The van der Waals surface area contributed by atoms with Crippen molar-refractivity contribution in [2.24, 2.45) is 0 Å². The van der Waals surface area contributed by atoms with Crippen LogP contribution in [0.25, 0.3) is 11.1 Å². The third-order valence-corrected chi connectivity index (χ3v) is 5.37. The summed E-state index contributed by atoms with van der Waals surface area (Å²) in [7, 11) is 0. The number of benzene rings is 2. The Morgan fingerprint density at radius 1 is 0.900 bits per heavy atom. The van der Waals surface area contributed by atoms with Gasteiger partial charge in [-0.1, -0.05) is 12.1 Å². The molecular weight excluding hydrogens is 376 g/mol. The maximum Gasteiger partial charge on any atom is 0.278 e. The lowest BCUT2D eigenvalue weighted by Crippen LogP contribution is -2.33. The third-order valence-electron chi connectivity index (χ3n) is 5.37. The van der Waals surface area contributed by atoms with E-state index in [1.807, 2.05) is 0 Å². The van der Waals surface area contributed by atoms with Gasteiger partial charge >= 0.3 is 0 Å². The van der Waals surface area contributed by atoms with Crippen molar-refractivity contribution in [2.45, 2.75) is 52.7 Å². The summed E-state index contributed by atoms with van der Waals surface area (Å²) in [6, 6.07) is 16.0. The van der Waals surface area contributed by atoms with Crippen LogP contribution in [0, 0.1) is 6.01 Å². The highest BCUT2D eigenvalue weighted by Gasteiger charge is 2.34. The largest absolute Gasteiger partial charge is 0.434 e. The van der Waals surface area contributed by atoms with Crippen molar-refractivity contribution in [1.29, 1.82) is 0 Å². The second-order valence-corrected chi connectivity index (χ2v) is 8.46. The van der Waals surface area contributed by atoms with Crippen LogP contribution >= 0.6 is 0 Å². The standard InChI is InChI=1S/C25H30FN3O/c1-6-29-22-14-18(28-16(4)5)8-10-20(22)19-9-7-17(27-15(2)3)13-21(19)25(29)23-11-12-24(26)30-23/h7-16,25,27-28H,6H2,1-5H3/i26-1. The van der Waals surface area contributed by atoms with E-state index in [9.17, 15) is 4.39 Å². The van der Waals surface area contributed by atoms with Gasteiger partial charge in [0.1, 0.15) is 11.8 Å². The number of fused-ring (bicyclic) bond motifs is 3. The Balaban J connectivity index is 1.91. The molecule has 2 aromatic carbocycles. The van der Waals surface area contributed by atoms with Crippen LogP contribution in [0.2, 0.25) is 0 Å². The minimum absolute atomic E-state index is 0.190. The van der Waals surface area contributed by atoms with E-state index in [2.05, 4.69) is 86.6 Å². The van der Waals surface area contributed by atoms with Crippen molar-refractivity contribution in [2.75, 3.05) is 22.1 Å². The second-order valence-electron chi connectivity index (χ2n) is 8.46. The fourth-order valence-electron chi connectivity index (χ4n) is 4.32. The highest BCUT2D eigenvalue weighted by Crippen LogP contribution is 2.48. The normalized spacial score (nSPS) is 15.3. The molecule has 3 aromatic rings. The lowest BCUT2D eigenvalue weighted by molar-refractivity contribution is 0.328. The zero-order valence-electron chi connectivity index (χ0n) is 18.3. The zero-order valence-corrected chi connectivity index (χ0v) is 18.3. The SMILES string of the molecule is CCN1c2cc(NC(C)C)ccc2-c2ccc(NC(C)C)cc2C1c1ccc([18F])o1. The van der Waals surface area contributed by atoms with Gasteiger partial charge in [0.15, 0.2) is 0 Å². The predicted octanol–water partition coefficient (Wildman–Crippen LogP) is 6.66. The Morgan fingerprint density at radius 3 is 2.10 bits per heavy atom. The monoisotopic (exact) mass is 406 g/mol. The molecule has 0 radical (unpaired) electrons. The first kappa shape index (κ1) is 20.3. The number of nitrogens with zero attached hydrogens (tertiary/aromatic N) is 1. The van der Waals surface area contributed by atoms with E-state index in [1.165, 1.54) is 11.6 Å². The van der Waals surface area contributed by atoms with Gasteiger partial charge in [0, 0.05) is 47.3 Å². The van der Waals surface area contributed by atoms with Crippen LogP contribution < -0.4 is 15.5 Å². The number of hydrogen-bond donors (Lipinski definition) is 2. The Bertz CT molecular complexity index is 1040. The molecule has 0 fully saturated rings. The minimum atomic E-state index is -0.555. The third kappa shape index (κ3) is 3.76. The van der Waals surface area contributed by atoms with E-state index in [0.29, 0.717) is 17.8 Å². The molecule has 0 spiro atoms. The number of halogens is 1. The minimum Gasteiger partial charge on any atom is -0.434 e. The summed E-state index contributed by atoms with van der Waals surface area (Å²) in [5.74, 6) is 0.616. The average Bonchev–Trinajstić information content (AvgIpc) is 3.11. The Kier molecular flexibility index (Phi) is 5.46.